The van der Waals surface area contributed by atoms with Crippen LogP contribution in [0.4, 0.5) is 5.69 Å². The predicted molar refractivity (Wildman–Crippen MR) is 130 cm³/mol. The van der Waals surface area contributed by atoms with Crippen molar-refractivity contribution >= 4 is 23.2 Å². The van der Waals surface area contributed by atoms with Crippen molar-refractivity contribution in [1.82, 2.24) is 15.1 Å². The molecule has 0 unspecified atom stereocenters. The lowest BCUT2D eigenvalue weighted by Crippen LogP contribution is -2.23. The summed E-state index contributed by atoms with van der Waals surface area (Å²) in [6.07, 6.45) is 3.60. The normalized spacial score (nSPS) is 10.6. The van der Waals surface area contributed by atoms with Gasteiger partial charge < -0.3 is 14.8 Å². The average Bonchev–Trinajstić information content (AvgIpc) is 3.37. The van der Waals surface area contributed by atoms with Crippen LogP contribution in [0.2, 0.25) is 5.02 Å². The summed E-state index contributed by atoms with van der Waals surface area (Å²) in [5, 5.41) is 18.7. The van der Waals surface area contributed by atoms with E-state index in [-0.39, 0.29) is 33.9 Å². The summed E-state index contributed by atoms with van der Waals surface area (Å²) < 4.78 is 12.9. The lowest BCUT2D eigenvalue weighted by Gasteiger charge is -2.13. The molecular weight excluding hydrogens is 472 g/mol. The molecule has 1 N–H and O–H groups in total. The number of aromatic nitrogens is 2. The quantitative estimate of drug-likeness (QED) is 0.253. The molecule has 0 bridgehead atoms. The molecule has 0 fully saturated rings. The molecule has 0 saturated heterocycles. The number of hydrogen-bond acceptors (Lipinski definition) is 6. The Balaban J connectivity index is 1.48. The third kappa shape index (κ3) is 5.77. The Bertz CT molecular complexity index is 1360. The zero-order valence-electron chi connectivity index (χ0n) is 18.7. The minimum Gasteiger partial charge on any atom is -0.493 e. The molecular formula is C25H21ClN4O5. The molecule has 0 aliphatic carbocycles. The second-order valence-corrected chi connectivity index (χ2v) is 7.93. The first kappa shape index (κ1) is 23.8. The topological polar surface area (TPSA) is 109 Å². The summed E-state index contributed by atoms with van der Waals surface area (Å²) in [5.74, 6) is 0.171. The van der Waals surface area contributed by atoms with Gasteiger partial charge in [0, 0.05) is 35.6 Å². The van der Waals surface area contributed by atoms with Crippen molar-refractivity contribution in [1.29, 1.82) is 0 Å². The van der Waals surface area contributed by atoms with Crippen LogP contribution in [-0.4, -0.2) is 27.7 Å². The van der Waals surface area contributed by atoms with Crippen molar-refractivity contribution in [2.75, 3.05) is 7.11 Å². The summed E-state index contributed by atoms with van der Waals surface area (Å²) in [7, 11) is 1.42. The Morgan fingerprint density at radius 1 is 1.06 bits per heavy atom. The Morgan fingerprint density at radius 3 is 2.54 bits per heavy atom. The smallest absolute Gasteiger partial charge is 0.313 e. The van der Waals surface area contributed by atoms with Gasteiger partial charge in [-0.3, -0.25) is 19.6 Å². The maximum absolute atomic E-state index is 12.8. The van der Waals surface area contributed by atoms with E-state index >= 15 is 0 Å². The summed E-state index contributed by atoms with van der Waals surface area (Å²) in [6.45, 7) is 0.920. The molecule has 0 aliphatic heterocycles. The number of methoxy groups -OCH3 is 1. The number of benzene rings is 3. The first-order valence-corrected chi connectivity index (χ1v) is 10.9. The minimum absolute atomic E-state index is 0.00342. The summed E-state index contributed by atoms with van der Waals surface area (Å²) in [5.41, 5.74) is 2.08. The van der Waals surface area contributed by atoms with E-state index in [0.717, 1.165) is 11.1 Å². The lowest BCUT2D eigenvalue weighted by atomic mass is 10.1. The van der Waals surface area contributed by atoms with Gasteiger partial charge in [0.15, 0.2) is 11.5 Å². The molecule has 3 aromatic carbocycles. The Morgan fingerprint density at radius 2 is 1.83 bits per heavy atom. The molecule has 4 aromatic rings. The van der Waals surface area contributed by atoms with Crippen molar-refractivity contribution in [3.63, 3.8) is 0 Å². The van der Waals surface area contributed by atoms with Crippen LogP contribution in [0.5, 0.6) is 17.2 Å². The molecule has 0 radical (unpaired) electrons. The zero-order valence-corrected chi connectivity index (χ0v) is 19.4. The molecule has 0 aliphatic rings. The van der Waals surface area contributed by atoms with E-state index in [2.05, 4.69) is 10.4 Å². The standard InChI is InChI=1S/C25H21ClN4O5/c1-34-24-13-17(7-9-23(24)35-22-10-8-20(26)14-21(22)30(32)33)25(31)27-15-18-5-2-3-6-19(18)16-29-12-4-11-28-29/h2-14H,15-16H2,1H3,(H,27,31). The number of halogens is 1. The van der Waals surface area contributed by atoms with Crippen LogP contribution in [0, 0.1) is 10.1 Å². The third-order valence-electron chi connectivity index (χ3n) is 5.21. The van der Waals surface area contributed by atoms with Gasteiger partial charge in [0.25, 0.3) is 5.91 Å². The largest absolute Gasteiger partial charge is 0.493 e. The van der Waals surface area contributed by atoms with Crippen LogP contribution in [-0.2, 0) is 13.1 Å². The highest BCUT2D eigenvalue weighted by Gasteiger charge is 2.19. The fourth-order valence-corrected chi connectivity index (χ4v) is 3.63. The molecule has 178 valence electrons. The van der Waals surface area contributed by atoms with Gasteiger partial charge in [0.2, 0.25) is 5.75 Å². The Labute approximate surface area is 206 Å². The van der Waals surface area contributed by atoms with E-state index in [1.807, 2.05) is 41.2 Å². The molecule has 1 heterocycles. The molecule has 4 rings (SSSR count). The van der Waals surface area contributed by atoms with Crippen LogP contribution in [0.25, 0.3) is 0 Å². The van der Waals surface area contributed by atoms with E-state index in [9.17, 15) is 14.9 Å². The van der Waals surface area contributed by atoms with Crippen molar-refractivity contribution in [3.05, 3.63) is 111 Å². The fourth-order valence-electron chi connectivity index (χ4n) is 3.46. The minimum atomic E-state index is -0.584. The van der Waals surface area contributed by atoms with Crippen LogP contribution >= 0.6 is 11.6 Å². The Hall–Kier alpha value is -4.37. The number of nitro groups is 1. The molecule has 35 heavy (non-hydrogen) atoms. The van der Waals surface area contributed by atoms with Gasteiger partial charge in [-0.15, -0.1) is 0 Å². The van der Waals surface area contributed by atoms with E-state index in [1.165, 1.54) is 37.4 Å². The fraction of sp³-hybridized carbons (Fsp3) is 0.120. The molecule has 1 aromatic heterocycles. The van der Waals surface area contributed by atoms with Crippen molar-refractivity contribution in [2.45, 2.75) is 13.1 Å². The molecule has 10 heteroatoms. The van der Waals surface area contributed by atoms with Crippen LogP contribution < -0.4 is 14.8 Å². The molecule has 0 spiro atoms. The van der Waals surface area contributed by atoms with Gasteiger partial charge >= 0.3 is 5.69 Å². The van der Waals surface area contributed by atoms with Gasteiger partial charge in [-0.05, 0) is 47.5 Å². The monoisotopic (exact) mass is 492 g/mol. The summed E-state index contributed by atoms with van der Waals surface area (Å²) in [6, 6.07) is 18.4. The highest BCUT2D eigenvalue weighted by atomic mass is 35.5. The lowest BCUT2D eigenvalue weighted by molar-refractivity contribution is -0.385. The van der Waals surface area contributed by atoms with Gasteiger partial charge in [0.05, 0.1) is 18.6 Å². The summed E-state index contributed by atoms with van der Waals surface area (Å²) in [4.78, 5) is 23.6. The van der Waals surface area contributed by atoms with Gasteiger partial charge in [-0.25, -0.2) is 0 Å². The third-order valence-corrected chi connectivity index (χ3v) is 5.45. The molecule has 1 amide bonds. The van der Waals surface area contributed by atoms with Crippen molar-refractivity contribution in [2.24, 2.45) is 0 Å². The molecule has 0 atom stereocenters. The second kappa shape index (κ2) is 10.7. The maximum Gasteiger partial charge on any atom is 0.313 e. The van der Waals surface area contributed by atoms with Crippen molar-refractivity contribution in [3.8, 4) is 17.2 Å². The predicted octanol–water partition coefficient (Wildman–Crippen LogP) is 5.22. The zero-order chi connectivity index (χ0) is 24.8. The van der Waals surface area contributed by atoms with Crippen LogP contribution in [0.3, 0.4) is 0 Å². The Kier molecular flexibility index (Phi) is 7.27. The number of rotatable bonds is 9. The highest BCUT2D eigenvalue weighted by molar-refractivity contribution is 6.30. The van der Waals surface area contributed by atoms with E-state index in [0.29, 0.717) is 18.7 Å². The number of hydrogen-bond donors (Lipinski definition) is 1. The van der Waals surface area contributed by atoms with E-state index in [4.69, 9.17) is 21.1 Å². The van der Waals surface area contributed by atoms with Gasteiger partial charge in [-0.1, -0.05) is 35.9 Å². The van der Waals surface area contributed by atoms with Gasteiger partial charge in [0.1, 0.15) is 0 Å². The number of carbonyl (C=O) groups excluding carboxylic acids is 1. The number of amides is 1. The first-order valence-electron chi connectivity index (χ1n) is 10.6. The van der Waals surface area contributed by atoms with E-state index < -0.39 is 4.92 Å². The number of ether oxygens (including phenoxy) is 2. The average molecular weight is 493 g/mol. The van der Waals surface area contributed by atoms with Crippen molar-refractivity contribution < 1.29 is 19.2 Å². The molecule has 0 saturated carbocycles. The van der Waals surface area contributed by atoms with Gasteiger partial charge in [-0.2, -0.15) is 5.10 Å². The number of carbonyl (C=O) groups is 1. The highest BCUT2D eigenvalue weighted by Crippen LogP contribution is 2.37. The van der Waals surface area contributed by atoms with Crippen LogP contribution in [0.1, 0.15) is 21.5 Å². The number of nitro benzene ring substituents is 1. The number of nitrogens with one attached hydrogen (secondary N) is 1. The summed E-state index contributed by atoms with van der Waals surface area (Å²) >= 11 is 5.86. The maximum atomic E-state index is 12.8. The second-order valence-electron chi connectivity index (χ2n) is 7.49. The van der Waals surface area contributed by atoms with Crippen LogP contribution in [0.15, 0.2) is 79.1 Å². The SMILES string of the molecule is COc1cc(C(=O)NCc2ccccc2Cn2cccn2)ccc1Oc1ccc(Cl)cc1[N+](=O)[O-]. The molecule has 9 nitrogen and oxygen atoms in total. The number of nitrogens with zero attached hydrogens (tertiary/aromatic N) is 3. The first-order chi connectivity index (χ1) is 16.9. The van der Waals surface area contributed by atoms with E-state index in [1.54, 1.807) is 12.3 Å².